The molecule has 0 atom stereocenters. The highest BCUT2D eigenvalue weighted by atomic mass is 32.2. The van der Waals surface area contributed by atoms with Gasteiger partial charge in [-0.1, -0.05) is 38.1 Å². The molecule has 0 spiro atoms. The van der Waals surface area contributed by atoms with Crippen LogP contribution in [0.2, 0.25) is 0 Å². The average molecular weight is 630 g/mol. The molecule has 0 radical (unpaired) electrons. The Balaban J connectivity index is 1.60. The second kappa shape index (κ2) is 11.8. The number of hydrogen-bond donors (Lipinski definition) is 4. The number of fused-ring (bicyclic) bond motifs is 2. The van der Waals surface area contributed by atoms with Gasteiger partial charge in [0, 0.05) is 40.9 Å². The molecule has 2 aromatic rings. The molecule has 0 bridgehead atoms. The number of allylic oxidation sites excluding steroid dienone is 6. The molecule has 2 aliphatic rings. The Bertz CT molecular complexity index is 1800. The topological polar surface area (TPSA) is 161 Å². The predicted molar refractivity (Wildman–Crippen MR) is 166 cm³/mol. The number of rotatable bonds is 11. The Morgan fingerprint density at radius 2 is 1.63 bits per heavy atom. The molecule has 43 heavy (non-hydrogen) atoms. The zero-order chi connectivity index (χ0) is 31.8. The van der Waals surface area contributed by atoms with Crippen LogP contribution >= 0.6 is 0 Å². The van der Waals surface area contributed by atoms with Crippen molar-refractivity contribution in [2.75, 3.05) is 17.6 Å². The standard InChI is InChI=1S/C31H36N2O8S2/c1-30(2)23-20-22(43(39,40)41)13-14-25(23)32-27(30)10-6-5-7-11-28-31(3,4)24-18-21(19-29(34)35)12-15-26(24)33(28)16-8-9-17-42(36,37)38/h5-7,10-15,18,20H,8-9,16-17,19H2,1-4H3,(H3,34,35,36,37,38,39,40,41)/p+1. The van der Waals surface area contributed by atoms with Crippen molar-refractivity contribution >= 4 is 43.3 Å². The predicted octanol–water partition coefficient (Wildman–Crippen LogP) is 5.00. The Morgan fingerprint density at radius 1 is 0.907 bits per heavy atom. The second-order valence-electron chi connectivity index (χ2n) is 11.8. The van der Waals surface area contributed by atoms with Gasteiger partial charge in [0.1, 0.15) is 6.54 Å². The summed E-state index contributed by atoms with van der Waals surface area (Å²) in [7, 11) is -8.37. The first-order valence-electron chi connectivity index (χ1n) is 13.8. The number of hydrogen-bond acceptors (Lipinski definition) is 6. The number of aliphatic carboxylic acids is 1. The lowest BCUT2D eigenvalue weighted by Gasteiger charge is -2.20. The van der Waals surface area contributed by atoms with Gasteiger partial charge in [-0.2, -0.15) is 21.4 Å². The minimum atomic E-state index is -4.32. The number of anilines is 1. The van der Waals surface area contributed by atoms with Gasteiger partial charge in [0.15, 0.2) is 5.71 Å². The van der Waals surface area contributed by atoms with Crippen molar-refractivity contribution in [1.29, 1.82) is 0 Å². The number of carboxylic acid groups (broad SMARTS) is 1. The number of nitrogens with zero attached hydrogens (tertiary/aromatic N) is 1. The Hall–Kier alpha value is -3.58. The smallest absolute Gasteiger partial charge is 0.307 e. The number of nitrogens with one attached hydrogen (secondary N) is 1. The summed E-state index contributed by atoms with van der Waals surface area (Å²) in [5, 5.41) is 12.6. The quantitative estimate of drug-likeness (QED) is 0.116. The van der Waals surface area contributed by atoms with Crippen LogP contribution in [0.5, 0.6) is 0 Å². The van der Waals surface area contributed by atoms with Crippen LogP contribution in [0, 0.1) is 0 Å². The first-order valence-corrected chi connectivity index (χ1v) is 16.9. The molecule has 2 heterocycles. The molecule has 4 N–H and O–H groups in total. The molecule has 230 valence electrons. The summed E-state index contributed by atoms with van der Waals surface area (Å²) >= 11 is 0. The van der Waals surface area contributed by atoms with E-state index >= 15 is 0 Å². The van der Waals surface area contributed by atoms with Crippen molar-refractivity contribution in [1.82, 2.24) is 0 Å². The molecule has 10 nitrogen and oxygen atoms in total. The van der Waals surface area contributed by atoms with Crippen LogP contribution in [0.1, 0.15) is 57.2 Å². The average Bonchev–Trinajstić information content (AvgIpc) is 3.26. The van der Waals surface area contributed by atoms with Gasteiger partial charge in [-0.25, -0.2) is 0 Å². The molecular formula is C31H37N2O8S2+. The second-order valence-corrected chi connectivity index (χ2v) is 14.8. The summed E-state index contributed by atoms with van der Waals surface area (Å²) in [6.45, 7) is 8.55. The van der Waals surface area contributed by atoms with Crippen LogP contribution in [-0.4, -0.2) is 59.6 Å². The van der Waals surface area contributed by atoms with Crippen molar-refractivity contribution in [3.8, 4) is 0 Å². The lowest BCUT2D eigenvalue weighted by atomic mass is 9.80. The maximum Gasteiger partial charge on any atom is 0.307 e. The minimum Gasteiger partial charge on any atom is -0.481 e. The maximum absolute atomic E-state index is 11.6. The van der Waals surface area contributed by atoms with E-state index in [0.29, 0.717) is 24.9 Å². The van der Waals surface area contributed by atoms with E-state index in [1.54, 1.807) is 12.1 Å². The lowest BCUT2D eigenvalue weighted by molar-refractivity contribution is -0.438. The molecule has 0 unspecified atom stereocenters. The van der Waals surface area contributed by atoms with Crippen molar-refractivity contribution in [2.24, 2.45) is 0 Å². The van der Waals surface area contributed by atoms with Gasteiger partial charge in [-0.15, -0.1) is 0 Å². The van der Waals surface area contributed by atoms with Crippen LogP contribution in [0.3, 0.4) is 0 Å². The van der Waals surface area contributed by atoms with Gasteiger partial charge in [-0.05, 0) is 61.7 Å². The molecule has 0 saturated heterocycles. The summed E-state index contributed by atoms with van der Waals surface area (Å²) < 4.78 is 66.4. The van der Waals surface area contributed by atoms with Gasteiger partial charge in [0.2, 0.25) is 5.69 Å². The molecular weight excluding hydrogens is 592 g/mol. The monoisotopic (exact) mass is 629 g/mol. The van der Waals surface area contributed by atoms with Gasteiger partial charge < -0.3 is 10.4 Å². The van der Waals surface area contributed by atoms with Crippen LogP contribution in [-0.2, 0) is 42.3 Å². The van der Waals surface area contributed by atoms with Crippen molar-refractivity contribution in [3.05, 3.63) is 89.2 Å². The van der Waals surface area contributed by atoms with Crippen LogP contribution in [0.25, 0.3) is 0 Å². The zero-order valence-corrected chi connectivity index (χ0v) is 26.2. The van der Waals surface area contributed by atoms with Gasteiger partial charge in [0.05, 0.1) is 22.5 Å². The fourth-order valence-corrected chi connectivity index (χ4v) is 6.75. The van der Waals surface area contributed by atoms with E-state index in [1.165, 1.54) is 12.1 Å². The van der Waals surface area contributed by atoms with E-state index in [-0.39, 0.29) is 17.1 Å². The van der Waals surface area contributed by atoms with Crippen LogP contribution < -0.4 is 5.32 Å². The van der Waals surface area contributed by atoms with E-state index in [2.05, 4.69) is 23.7 Å². The van der Waals surface area contributed by atoms with Crippen LogP contribution in [0.15, 0.2) is 77.4 Å². The molecule has 0 amide bonds. The molecule has 12 heteroatoms. The van der Waals surface area contributed by atoms with Crippen LogP contribution in [0.4, 0.5) is 11.4 Å². The minimum absolute atomic E-state index is 0.0916. The molecule has 2 aliphatic heterocycles. The van der Waals surface area contributed by atoms with E-state index in [1.807, 2.05) is 56.4 Å². The molecule has 0 saturated carbocycles. The van der Waals surface area contributed by atoms with Gasteiger partial charge >= 0.3 is 5.97 Å². The first kappa shape index (κ1) is 32.3. The fraction of sp³-hybridized carbons (Fsp3) is 0.355. The summed E-state index contributed by atoms with van der Waals surface area (Å²) in [4.78, 5) is 11.2. The summed E-state index contributed by atoms with van der Waals surface area (Å²) in [6, 6.07) is 10.1. The number of carbonyl (C=O) groups is 1. The highest BCUT2D eigenvalue weighted by molar-refractivity contribution is 7.86. The van der Waals surface area contributed by atoms with Crippen molar-refractivity contribution in [2.45, 2.75) is 62.7 Å². The highest BCUT2D eigenvalue weighted by Gasteiger charge is 2.44. The molecule has 0 aliphatic carbocycles. The van der Waals surface area contributed by atoms with E-state index in [0.717, 1.165) is 33.9 Å². The third kappa shape index (κ3) is 7.15. The number of carboxylic acids is 1. The number of unbranched alkanes of at least 4 members (excludes halogenated alkanes) is 1. The van der Waals surface area contributed by atoms with E-state index in [9.17, 15) is 31.3 Å². The highest BCUT2D eigenvalue weighted by Crippen LogP contribution is 2.44. The lowest BCUT2D eigenvalue weighted by Crippen LogP contribution is -2.28. The Morgan fingerprint density at radius 3 is 2.28 bits per heavy atom. The molecule has 0 fully saturated rings. The zero-order valence-electron chi connectivity index (χ0n) is 24.5. The van der Waals surface area contributed by atoms with Crippen molar-refractivity contribution in [3.63, 3.8) is 0 Å². The Kier molecular flexibility index (Phi) is 8.90. The molecule has 2 aromatic carbocycles. The summed E-state index contributed by atoms with van der Waals surface area (Å²) in [6.07, 6.45) is 10.2. The first-order chi connectivity index (χ1) is 19.9. The third-order valence-corrected chi connectivity index (χ3v) is 9.64. The van der Waals surface area contributed by atoms with Gasteiger partial charge in [-0.3, -0.25) is 13.9 Å². The third-order valence-electron chi connectivity index (χ3n) is 7.99. The van der Waals surface area contributed by atoms with E-state index in [4.69, 9.17) is 4.55 Å². The maximum atomic E-state index is 11.6. The molecule has 0 aromatic heterocycles. The number of benzene rings is 2. The van der Waals surface area contributed by atoms with E-state index < -0.39 is 37.0 Å². The van der Waals surface area contributed by atoms with Crippen molar-refractivity contribution < 1.29 is 40.4 Å². The van der Waals surface area contributed by atoms with Gasteiger partial charge in [0.25, 0.3) is 20.2 Å². The SMILES string of the molecule is CC1(C)C(/C=C/C=C/C=C2/Nc3ccc(S(=O)(=O)O)cc3C2(C)C)=[N+](CCCCS(=O)(=O)O)c2ccc(CC(=O)O)cc21. The normalized spacial score (nSPS) is 18.4. The fourth-order valence-electron chi connectivity index (χ4n) is 5.67. The summed E-state index contributed by atoms with van der Waals surface area (Å²) in [5.41, 5.74) is 4.94. The largest absolute Gasteiger partial charge is 0.481 e. The summed E-state index contributed by atoms with van der Waals surface area (Å²) in [5.74, 6) is -1.23. The Labute approximate surface area is 252 Å². The molecule has 4 rings (SSSR count).